The largest absolute Gasteiger partial charge is 0.497 e. The van der Waals surface area contributed by atoms with E-state index in [2.05, 4.69) is 16.0 Å². The molecule has 2 aromatic carbocycles. The number of ether oxygens (including phenoxy) is 3. The standard InChI is InChI=1S/C26H31N3O6/c1-33-18-7-4-16(5-8-18)28-26(32)29-17-6-9-22-20(10-17)21-11-19(34-23(14-30)25(21)35-22)12-24(31)27-13-15-2-3-15/h4-10,15,19,21,23,25,30H,2-3,11-14H2,1H3,(H,27,31)(H2,28,29,32)/t19-,21-,23-,25+/m1/s1. The van der Waals surface area contributed by atoms with Gasteiger partial charge in [0.15, 0.2) is 0 Å². The molecule has 2 aromatic rings. The topological polar surface area (TPSA) is 118 Å². The second-order valence-corrected chi connectivity index (χ2v) is 9.42. The van der Waals surface area contributed by atoms with E-state index in [0.29, 0.717) is 35.2 Å². The molecule has 0 unspecified atom stereocenters. The van der Waals surface area contributed by atoms with Gasteiger partial charge in [-0.2, -0.15) is 0 Å². The number of methoxy groups -OCH3 is 1. The van der Waals surface area contributed by atoms with Crippen molar-refractivity contribution >= 4 is 23.3 Å². The molecule has 2 aliphatic heterocycles. The number of anilines is 2. The van der Waals surface area contributed by atoms with Gasteiger partial charge in [-0.1, -0.05) is 0 Å². The zero-order valence-electron chi connectivity index (χ0n) is 19.7. The van der Waals surface area contributed by atoms with Crippen LogP contribution in [0.15, 0.2) is 42.5 Å². The molecule has 9 nitrogen and oxygen atoms in total. The summed E-state index contributed by atoms with van der Waals surface area (Å²) >= 11 is 0. The van der Waals surface area contributed by atoms with Crippen LogP contribution in [0.5, 0.6) is 11.5 Å². The smallest absolute Gasteiger partial charge is 0.323 e. The van der Waals surface area contributed by atoms with Crippen molar-refractivity contribution in [3.8, 4) is 11.5 Å². The lowest BCUT2D eigenvalue weighted by Crippen LogP contribution is -2.47. The van der Waals surface area contributed by atoms with Crippen LogP contribution in [-0.4, -0.2) is 55.6 Å². The van der Waals surface area contributed by atoms with E-state index in [9.17, 15) is 14.7 Å². The van der Waals surface area contributed by atoms with Gasteiger partial charge in [0.1, 0.15) is 23.7 Å². The number of aliphatic hydroxyl groups is 1. The summed E-state index contributed by atoms with van der Waals surface area (Å²) in [6.45, 7) is 0.533. The minimum Gasteiger partial charge on any atom is -0.497 e. The molecule has 3 amide bonds. The summed E-state index contributed by atoms with van der Waals surface area (Å²) < 4.78 is 17.3. The number of amides is 3. The molecule has 1 saturated heterocycles. The molecule has 4 N–H and O–H groups in total. The second-order valence-electron chi connectivity index (χ2n) is 9.42. The van der Waals surface area contributed by atoms with Gasteiger partial charge >= 0.3 is 6.03 Å². The molecule has 186 valence electrons. The molecule has 0 spiro atoms. The van der Waals surface area contributed by atoms with Crippen molar-refractivity contribution in [3.05, 3.63) is 48.0 Å². The molecule has 35 heavy (non-hydrogen) atoms. The number of aliphatic hydroxyl groups excluding tert-OH is 1. The minimum absolute atomic E-state index is 0.0261. The first kappa shape index (κ1) is 23.4. The lowest BCUT2D eigenvalue weighted by atomic mass is 9.84. The van der Waals surface area contributed by atoms with Gasteiger partial charge in [0.25, 0.3) is 0 Å². The van der Waals surface area contributed by atoms with Crippen LogP contribution in [0.3, 0.4) is 0 Å². The van der Waals surface area contributed by atoms with Gasteiger partial charge in [0, 0.05) is 29.4 Å². The first-order chi connectivity index (χ1) is 17.0. The first-order valence-corrected chi connectivity index (χ1v) is 12.1. The number of carbonyl (C=O) groups is 2. The van der Waals surface area contributed by atoms with Gasteiger partial charge in [-0.25, -0.2) is 4.79 Å². The summed E-state index contributed by atoms with van der Waals surface area (Å²) in [6, 6.07) is 12.2. The van der Waals surface area contributed by atoms with E-state index in [-0.39, 0.29) is 43.1 Å². The Kier molecular flexibility index (Phi) is 6.79. The van der Waals surface area contributed by atoms with Gasteiger partial charge < -0.3 is 35.3 Å². The summed E-state index contributed by atoms with van der Waals surface area (Å²) in [5.41, 5.74) is 2.22. The fourth-order valence-electron chi connectivity index (χ4n) is 4.79. The van der Waals surface area contributed by atoms with Gasteiger partial charge in [0.2, 0.25) is 5.91 Å². The Bertz CT molecular complexity index is 1070. The van der Waals surface area contributed by atoms with Crippen LogP contribution >= 0.6 is 0 Å². The van der Waals surface area contributed by atoms with Gasteiger partial charge in [-0.15, -0.1) is 0 Å². The van der Waals surface area contributed by atoms with Crippen molar-refractivity contribution in [1.82, 2.24) is 5.32 Å². The molecule has 3 aliphatic rings. The molecule has 4 atom stereocenters. The molecule has 2 heterocycles. The number of hydrogen-bond acceptors (Lipinski definition) is 6. The third-order valence-corrected chi connectivity index (χ3v) is 6.80. The first-order valence-electron chi connectivity index (χ1n) is 12.1. The maximum absolute atomic E-state index is 12.5. The molecular weight excluding hydrogens is 450 g/mol. The highest BCUT2D eigenvalue weighted by Crippen LogP contribution is 2.47. The van der Waals surface area contributed by atoms with Crippen molar-refractivity contribution in [2.24, 2.45) is 5.92 Å². The van der Waals surface area contributed by atoms with Crippen LogP contribution in [0.4, 0.5) is 16.2 Å². The van der Waals surface area contributed by atoms with E-state index >= 15 is 0 Å². The summed E-state index contributed by atoms with van der Waals surface area (Å²) in [5, 5.41) is 18.6. The Morgan fingerprint density at radius 3 is 2.54 bits per heavy atom. The summed E-state index contributed by atoms with van der Waals surface area (Å²) in [5.74, 6) is 1.97. The highest BCUT2D eigenvalue weighted by atomic mass is 16.6. The van der Waals surface area contributed by atoms with Crippen LogP contribution in [0.1, 0.15) is 37.2 Å². The average Bonchev–Trinajstić information content (AvgIpc) is 3.62. The zero-order valence-corrected chi connectivity index (χ0v) is 19.7. The van der Waals surface area contributed by atoms with Crippen LogP contribution in [-0.2, 0) is 9.53 Å². The Labute approximate surface area is 204 Å². The summed E-state index contributed by atoms with van der Waals surface area (Å²) in [6.07, 6.45) is 2.06. The number of fused-ring (bicyclic) bond motifs is 3. The van der Waals surface area contributed by atoms with E-state index in [1.165, 1.54) is 12.8 Å². The van der Waals surface area contributed by atoms with E-state index in [1.807, 2.05) is 12.1 Å². The van der Waals surface area contributed by atoms with E-state index in [0.717, 1.165) is 12.1 Å². The average molecular weight is 482 g/mol. The fraction of sp³-hybridized carbons (Fsp3) is 0.462. The maximum Gasteiger partial charge on any atom is 0.323 e. The van der Waals surface area contributed by atoms with Crippen LogP contribution < -0.4 is 25.4 Å². The Balaban J connectivity index is 1.24. The lowest BCUT2D eigenvalue weighted by Gasteiger charge is -2.37. The monoisotopic (exact) mass is 481 g/mol. The quantitative estimate of drug-likeness (QED) is 0.460. The molecule has 0 aromatic heterocycles. The van der Waals surface area contributed by atoms with E-state index in [1.54, 1.807) is 37.4 Å². The van der Waals surface area contributed by atoms with Gasteiger partial charge in [-0.3, -0.25) is 4.79 Å². The number of urea groups is 1. The van der Waals surface area contributed by atoms with Crippen molar-refractivity contribution in [2.45, 2.75) is 49.9 Å². The highest BCUT2D eigenvalue weighted by Gasteiger charge is 2.46. The number of hydrogen-bond donors (Lipinski definition) is 4. The third kappa shape index (κ3) is 5.52. The molecule has 9 heteroatoms. The second kappa shape index (κ2) is 10.1. The summed E-state index contributed by atoms with van der Waals surface area (Å²) in [7, 11) is 1.59. The lowest BCUT2D eigenvalue weighted by molar-refractivity contribution is -0.142. The molecule has 2 fully saturated rings. The molecule has 1 aliphatic carbocycles. The zero-order chi connectivity index (χ0) is 24.4. The SMILES string of the molecule is COc1ccc(NC(=O)Nc2ccc3c(c2)[C@H]2C[C@H](CC(=O)NCC4CC4)O[C@H](CO)[C@H]2O3)cc1. The molecular formula is C26H31N3O6. The predicted octanol–water partition coefficient (Wildman–Crippen LogP) is 3.25. The highest BCUT2D eigenvalue weighted by molar-refractivity contribution is 5.99. The maximum atomic E-state index is 12.5. The minimum atomic E-state index is -0.517. The predicted molar refractivity (Wildman–Crippen MR) is 130 cm³/mol. The third-order valence-electron chi connectivity index (χ3n) is 6.80. The molecule has 0 bridgehead atoms. The molecule has 1 saturated carbocycles. The Hall–Kier alpha value is -3.30. The molecule has 0 radical (unpaired) electrons. The fourth-order valence-corrected chi connectivity index (χ4v) is 4.79. The van der Waals surface area contributed by atoms with Crippen LogP contribution in [0, 0.1) is 5.92 Å². The van der Waals surface area contributed by atoms with Crippen molar-refractivity contribution in [1.29, 1.82) is 0 Å². The van der Waals surface area contributed by atoms with Gasteiger partial charge in [0.05, 0.1) is 26.2 Å². The number of benzene rings is 2. The van der Waals surface area contributed by atoms with E-state index < -0.39 is 6.10 Å². The van der Waals surface area contributed by atoms with Crippen molar-refractivity contribution < 1.29 is 28.9 Å². The Morgan fingerprint density at radius 1 is 1.09 bits per heavy atom. The summed E-state index contributed by atoms with van der Waals surface area (Å²) in [4.78, 5) is 24.9. The van der Waals surface area contributed by atoms with Crippen molar-refractivity contribution in [2.75, 3.05) is 30.9 Å². The van der Waals surface area contributed by atoms with Crippen LogP contribution in [0.25, 0.3) is 0 Å². The molecule has 5 rings (SSSR count). The van der Waals surface area contributed by atoms with Crippen molar-refractivity contribution in [3.63, 3.8) is 0 Å². The number of carbonyl (C=O) groups excluding carboxylic acids is 2. The van der Waals surface area contributed by atoms with Crippen LogP contribution in [0.2, 0.25) is 0 Å². The number of nitrogens with one attached hydrogen (secondary N) is 3. The van der Waals surface area contributed by atoms with E-state index in [4.69, 9.17) is 14.2 Å². The van der Waals surface area contributed by atoms with Gasteiger partial charge in [-0.05, 0) is 67.6 Å². The number of rotatable bonds is 8. The normalized spacial score (nSPS) is 24.5. The Morgan fingerprint density at radius 2 is 1.83 bits per heavy atom.